The van der Waals surface area contributed by atoms with E-state index < -0.39 is 23.3 Å². The van der Waals surface area contributed by atoms with Gasteiger partial charge in [-0.2, -0.15) is 0 Å². The standard InChI is InChI=1S/C8H12N4O3S/c1-9-5-6(13)12-3-11-4(7(14)15)2-16-8(11,12)10-5/h4-5,9-10H,2-3H2,1H3,(H,14,15)/t4?,5?,8-/m1/s1. The Hall–Kier alpha value is -0.830. The van der Waals surface area contributed by atoms with Gasteiger partial charge in [0.25, 0.3) is 5.91 Å². The number of likely N-dealkylation sites (N-methyl/N-ethyl adjacent to an activating group) is 1. The van der Waals surface area contributed by atoms with Crippen LogP contribution in [0.2, 0.25) is 0 Å². The molecule has 3 saturated heterocycles. The third kappa shape index (κ3) is 1.000. The van der Waals surface area contributed by atoms with Gasteiger partial charge in [-0.3, -0.25) is 19.8 Å². The lowest BCUT2D eigenvalue weighted by molar-refractivity contribution is -0.174. The van der Waals surface area contributed by atoms with Crippen molar-refractivity contribution in [3.05, 3.63) is 0 Å². The number of thioether (sulfide) groups is 1. The van der Waals surface area contributed by atoms with Crippen molar-refractivity contribution in [2.45, 2.75) is 17.3 Å². The molecular formula is C8H12N4O3S. The van der Waals surface area contributed by atoms with E-state index in [1.54, 1.807) is 11.9 Å². The van der Waals surface area contributed by atoms with Crippen molar-refractivity contribution >= 4 is 23.6 Å². The zero-order valence-electron chi connectivity index (χ0n) is 8.64. The molecule has 0 radical (unpaired) electrons. The molecule has 7 nitrogen and oxygen atoms in total. The molecule has 8 heteroatoms. The van der Waals surface area contributed by atoms with Crippen LogP contribution in [0, 0.1) is 0 Å². The summed E-state index contributed by atoms with van der Waals surface area (Å²) in [4.78, 5) is 26.3. The first-order valence-electron chi connectivity index (χ1n) is 5.00. The van der Waals surface area contributed by atoms with Crippen LogP contribution in [0.3, 0.4) is 0 Å². The molecule has 3 N–H and O–H groups in total. The number of hydrogen-bond donors (Lipinski definition) is 3. The van der Waals surface area contributed by atoms with Gasteiger partial charge in [-0.05, 0) is 7.05 Å². The summed E-state index contributed by atoms with van der Waals surface area (Å²) in [5, 5.41) is 14.4. The van der Waals surface area contributed by atoms with Crippen molar-refractivity contribution in [3.8, 4) is 0 Å². The number of carboxylic acid groups (broad SMARTS) is 1. The Kier molecular flexibility index (Phi) is 2.00. The van der Waals surface area contributed by atoms with Gasteiger partial charge in [-0.15, -0.1) is 0 Å². The van der Waals surface area contributed by atoms with Gasteiger partial charge in [0.15, 0.2) is 0 Å². The quantitative estimate of drug-likeness (QED) is 0.520. The highest BCUT2D eigenvalue weighted by atomic mass is 32.2. The Bertz CT molecular complexity index is 378. The minimum atomic E-state index is -0.828. The lowest BCUT2D eigenvalue weighted by Gasteiger charge is -2.52. The summed E-state index contributed by atoms with van der Waals surface area (Å²) in [5.41, 5.74) is 0. The smallest absolute Gasteiger partial charge is 0.321 e. The summed E-state index contributed by atoms with van der Waals surface area (Å²) in [7, 11) is 1.71. The van der Waals surface area contributed by atoms with Crippen molar-refractivity contribution < 1.29 is 14.7 Å². The molecule has 1 spiro atoms. The summed E-state index contributed by atoms with van der Waals surface area (Å²) in [6.07, 6.45) is -0.412. The first-order chi connectivity index (χ1) is 7.60. The number of carboxylic acids is 1. The van der Waals surface area contributed by atoms with Crippen molar-refractivity contribution in [2.24, 2.45) is 0 Å². The maximum Gasteiger partial charge on any atom is 0.321 e. The molecule has 0 aromatic carbocycles. The molecule has 88 valence electrons. The maximum atomic E-state index is 11.8. The van der Waals surface area contributed by atoms with E-state index in [9.17, 15) is 9.59 Å². The number of hydrogen-bond acceptors (Lipinski definition) is 6. The minimum Gasteiger partial charge on any atom is -0.480 e. The minimum absolute atomic E-state index is 0.0164. The molecule has 0 bridgehead atoms. The zero-order chi connectivity index (χ0) is 11.5. The Morgan fingerprint density at radius 3 is 3.12 bits per heavy atom. The van der Waals surface area contributed by atoms with Crippen LogP contribution in [0.25, 0.3) is 0 Å². The van der Waals surface area contributed by atoms with E-state index in [2.05, 4.69) is 10.6 Å². The first kappa shape index (κ1) is 10.3. The van der Waals surface area contributed by atoms with E-state index in [0.717, 1.165) is 0 Å². The summed E-state index contributed by atoms with van der Waals surface area (Å²) in [5.74, 6) is -0.341. The number of amides is 1. The fourth-order valence-electron chi connectivity index (χ4n) is 2.40. The van der Waals surface area contributed by atoms with E-state index in [1.165, 1.54) is 11.8 Å². The van der Waals surface area contributed by atoms with Gasteiger partial charge in [-0.1, -0.05) is 11.8 Å². The second-order valence-electron chi connectivity index (χ2n) is 4.02. The number of carbonyl (C=O) groups is 2. The van der Waals surface area contributed by atoms with Gasteiger partial charge < -0.3 is 5.11 Å². The average molecular weight is 244 g/mol. The normalized spacial score (nSPS) is 41.8. The van der Waals surface area contributed by atoms with E-state index in [-0.39, 0.29) is 5.91 Å². The molecule has 3 fully saturated rings. The second kappa shape index (κ2) is 3.10. The molecule has 3 atom stereocenters. The Morgan fingerprint density at radius 1 is 1.75 bits per heavy atom. The van der Waals surface area contributed by atoms with Gasteiger partial charge in [0, 0.05) is 5.75 Å². The van der Waals surface area contributed by atoms with Crippen LogP contribution in [-0.2, 0) is 9.59 Å². The SMILES string of the molecule is CNC1N[C@@]23SCC(C(=O)O)N2CN3C1=O. The average Bonchev–Trinajstić information content (AvgIpc) is 2.61. The number of rotatable bonds is 2. The lowest BCUT2D eigenvalue weighted by Crippen LogP contribution is -2.74. The van der Waals surface area contributed by atoms with E-state index in [4.69, 9.17) is 5.11 Å². The van der Waals surface area contributed by atoms with Crippen molar-refractivity contribution in [1.82, 2.24) is 20.4 Å². The highest BCUT2D eigenvalue weighted by Crippen LogP contribution is 2.49. The highest BCUT2D eigenvalue weighted by molar-refractivity contribution is 8.00. The molecule has 3 aliphatic rings. The van der Waals surface area contributed by atoms with Crippen molar-refractivity contribution in [3.63, 3.8) is 0 Å². The molecule has 0 aromatic rings. The Balaban J connectivity index is 1.87. The summed E-state index contributed by atoms with van der Waals surface area (Å²) >= 11 is 1.47. The van der Waals surface area contributed by atoms with Crippen LogP contribution in [0.1, 0.15) is 0 Å². The maximum absolute atomic E-state index is 11.8. The second-order valence-corrected chi connectivity index (χ2v) is 5.21. The van der Waals surface area contributed by atoms with Crippen molar-refractivity contribution in [1.29, 1.82) is 0 Å². The molecule has 16 heavy (non-hydrogen) atoms. The number of aliphatic carboxylic acids is 1. The molecular weight excluding hydrogens is 232 g/mol. The third-order valence-electron chi connectivity index (χ3n) is 3.29. The molecule has 3 heterocycles. The van der Waals surface area contributed by atoms with Gasteiger partial charge in [0.2, 0.25) is 5.12 Å². The summed E-state index contributed by atoms with van der Waals surface area (Å²) in [6, 6.07) is -0.503. The molecule has 3 aliphatic heterocycles. The van der Waals surface area contributed by atoms with Crippen LogP contribution in [0.15, 0.2) is 0 Å². The zero-order valence-corrected chi connectivity index (χ0v) is 9.45. The predicted octanol–water partition coefficient (Wildman–Crippen LogP) is -1.95. The van der Waals surface area contributed by atoms with Crippen LogP contribution < -0.4 is 10.6 Å². The van der Waals surface area contributed by atoms with Gasteiger partial charge >= 0.3 is 5.97 Å². The highest BCUT2D eigenvalue weighted by Gasteiger charge is 2.68. The van der Waals surface area contributed by atoms with Crippen LogP contribution in [-0.4, -0.2) is 63.6 Å². The van der Waals surface area contributed by atoms with Crippen LogP contribution in [0.4, 0.5) is 0 Å². The van der Waals surface area contributed by atoms with Crippen LogP contribution >= 0.6 is 11.8 Å². The van der Waals surface area contributed by atoms with Gasteiger partial charge in [0.05, 0.1) is 6.67 Å². The molecule has 1 amide bonds. The monoisotopic (exact) mass is 244 g/mol. The molecule has 0 aromatic heterocycles. The largest absolute Gasteiger partial charge is 0.480 e. The Morgan fingerprint density at radius 2 is 2.50 bits per heavy atom. The van der Waals surface area contributed by atoms with Crippen molar-refractivity contribution in [2.75, 3.05) is 19.5 Å². The van der Waals surface area contributed by atoms with E-state index >= 15 is 0 Å². The van der Waals surface area contributed by atoms with Gasteiger partial charge in [0.1, 0.15) is 12.2 Å². The van der Waals surface area contributed by atoms with Crippen LogP contribution in [0.5, 0.6) is 0 Å². The summed E-state index contributed by atoms with van der Waals surface area (Å²) in [6.45, 7) is 0.397. The number of nitrogens with one attached hydrogen (secondary N) is 2. The fraction of sp³-hybridized carbons (Fsp3) is 0.750. The molecule has 2 unspecified atom stereocenters. The summed E-state index contributed by atoms with van der Waals surface area (Å²) < 4.78 is 0. The van der Waals surface area contributed by atoms with Gasteiger partial charge in [-0.25, -0.2) is 10.2 Å². The first-order valence-corrected chi connectivity index (χ1v) is 5.98. The lowest BCUT2D eigenvalue weighted by atomic mass is 10.2. The number of nitrogens with zero attached hydrogens (tertiary/aromatic N) is 2. The van der Waals surface area contributed by atoms with E-state index in [0.29, 0.717) is 12.4 Å². The number of carbonyl (C=O) groups excluding carboxylic acids is 1. The fourth-order valence-corrected chi connectivity index (χ4v) is 3.97. The van der Waals surface area contributed by atoms with E-state index in [1.807, 2.05) is 4.90 Å². The Labute approximate surface area is 96.1 Å². The topological polar surface area (TPSA) is 84.9 Å². The molecule has 3 rings (SSSR count). The molecule has 0 saturated carbocycles. The molecule has 0 aliphatic carbocycles. The predicted molar refractivity (Wildman–Crippen MR) is 56.1 cm³/mol. The third-order valence-corrected chi connectivity index (χ3v) is 4.74.